The number of aliphatic hydroxyl groups is 1. The van der Waals surface area contributed by atoms with Gasteiger partial charge in [0.2, 0.25) is 0 Å². The molecule has 0 aromatic carbocycles. The van der Waals surface area contributed by atoms with Gasteiger partial charge in [-0.1, -0.05) is 0 Å². The summed E-state index contributed by atoms with van der Waals surface area (Å²) in [5.41, 5.74) is 4.94. The van der Waals surface area contributed by atoms with E-state index >= 15 is 0 Å². The molecule has 2 heteroatoms. The van der Waals surface area contributed by atoms with Crippen molar-refractivity contribution in [3.63, 3.8) is 0 Å². The van der Waals surface area contributed by atoms with Gasteiger partial charge in [-0.2, -0.15) is 0 Å². The summed E-state index contributed by atoms with van der Waals surface area (Å²) in [6.07, 6.45) is 1.67. The maximum absolute atomic E-state index is 9.21. The molecule has 3 N–H and O–H groups in total. The van der Waals surface area contributed by atoms with Crippen LogP contribution < -0.4 is 5.73 Å². The van der Waals surface area contributed by atoms with E-state index in [1.165, 1.54) is 0 Å². The SMILES string of the molecule is C[C@@H](N)CCC(C)(C)O. The molecule has 0 spiro atoms. The molecular formula is C7H17NO. The van der Waals surface area contributed by atoms with Crippen molar-refractivity contribution in [1.29, 1.82) is 0 Å². The Morgan fingerprint density at radius 3 is 2.11 bits per heavy atom. The smallest absolute Gasteiger partial charge is 0.0592 e. The topological polar surface area (TPSA) is 46.2 Å². The minimum absolute atomic E-state index is 0.205. The van der Waals surface area contributed by atoms with Crippen molar-refractivity contribution in [2.45, 2.75) is 45.3 Å². The minimum atomic E-state index is -0.548. The highest BCUT2D eigenvalue weighted by Gasteiger charge is 2.12. The van der Waals surface area contributed by atoms with E-state index in [4.69, 9.17) is 5.73 Å². The molecule has 0 fully saturated rings. The summed E-state index contributed by atoms with van der Waals surface area (Å²) >= 11 is 0. The van der Waals surface area contributed by atoms with Gasteiger partial charge in [-0.25, -0.2) is 0 Å². The summed E-state index contributed by atoms with van der Waals surface area (Å²) in [4.78, 5) is 0. The molecule has 0 bridgehead atoms. The Bertz CT molecular complexity index is 73.5. The first-order valence-corrected chi connectivity index (χ1v) is 3.40. The van der Waals surface area contributed by atoms with Gasteiger partial charge in [0.05, 0.1) is 5.60 Å². The lowest BCUT2D eigenvalue weighted by Gasteiger charge is -2.17. The first-order valence-electron chi connectivity index (χ1n) is 3.40. The molecule has 1 atom stereocenters. The zero-order valence-electron chi connectivity index (χ0n) is 6.52. The Morgan fingerprint density at radius 1 is 1.56 bits per heavy atom. The van der Waals surface area contributed by atoms with Gasteiger partial charge in [0, 0.05) is 6.04 Å². The zero-order valence-corrected chi connectivity index (χ0v) is 6.52. The number of hydrogen-bond donors (Lipinski definition) is 2. The highest BCUT2D eigenvalue weighted by atomic mass is 16.3. The Morgan fingerprint density at radius 2 is 2.00 bits per heavy atom. The molecule has 0 unspecified atom stereocenters. The number of rotatable bonds is 3. The van der Waals surface area contributed by atoms with Crippen LogP contribution in [0.3, 0.4) is 0 Å². The fourth-order valence-corrected chi connectivity index (χ4v) is 0.581. The Labute approximate surface area is 57.1 Å². The van der Waals surface area contributed by atoms with E-state index in [0.29, 0.717) is 0 Å². The Hall–Kier alpha value is -0.0800. The highest BCUT2D eigenvalue weighted by Crippen LogP contribution is 2.10. The molecule has 0 radical (unpaired) electrons. The number of nitrogens with two attached hydrogens (primary N) is 1. The first-order chi connectivity index (χ1) is 3.92. The molecule has 0 saturated carbocycles. The molecule has 2 nitrogen and oxygen atoms in total. The van der Waals surface area contributed by atoms with E-state index in [0.717, 1.165) is 12.8 Å². The van der Waals surface area contributed by atoms with Gasteiger partial charge in [0.25, 0.3) is 0 Å². The maximum atomic E-state index is 9.21. The van der Waals surface area contributed by atoms with Crippen molar-refractivity contribution in [3.05, 3.63) is 0 Å². The van der Waals surface area contributed by atoms with Gasteiger partial charge < -0.3 is 10.8 Å². The summed E-state index contributed by atoms with van der Waals surface area (Å²) in [5, 5.41) is 9.21. The van der Waals surface area contributed by atoms with E-state index in [-0.39, 0.29) is 6.04 Å². The molecule has 9 heavy (non-hydrogen) atoms. The molecule has 0 aliphatic heterocycles. The third kappa shape index (κ3) is 7.92. The summed E-state index contributed by atoms with van der Waals surface area (Å²) in [6, 6.07) is 0.205. The van der Waals surface area contributed by atoms with Gasteiger partial charge in [0.15, 0.2) is 0 Å². The molecule has 0 aromatic heterocycles. The first kappa shape index (κ1) is 8.92. The summed E-state index contributed by atoms with van der Waals surface area (Å²) in [5.74, 6) is 0. The van der Waals surface area contributed by atoms with E-state index in [1.807, 2.05) is 6.92 Å². The quantitative estimate of drug-likeness (QED) is 0.597. The monoisotopic (exact) mass is 131 g/mol. The molecule has 56 valence electrons. The fourth-order valence-electron chi connectivity index (χ4n) is 0.581. The van der Waals surface area contributed by atoms with Crippen LogP contribution >= 0.6 is 0 Å². The highest BCUT2D eigenvalue weighted by molar-refractivity contribution is 4.67. The maximum Gasteiger partial charge on any atom is 0.0592 e. The standard InChI is InChI=1S/C7H17NO/c1-6(8)4-5-7(2,3)9/h6,9H,4-5,8H2,1-3H3/t6-/m1/s1. The molecular weight excluding hydrogens is 114 g/mol. The summed E-state index contributed by atoms with van der Waals surface area (Å²) in [6.45, 7) is 5.55. The second-order valence-electron chi connectivity index (χ2n) is 3.33. The van der Waals surface area contributed by atoms with Gasteiger partial charge in [-0.15, -0.1) is 0 Å². The van der Waals surface area contributed by atoms with Crippen LogP contribution in [0.25, 0.3) is 0 Å². The average Bonchev–Trinajstić information content (AvgIpc) is 1.59. The van der Waals surface area contributed by atoms with E-state index < -0.39 is 5.60 Å². The molecule has 0 aromatic rings. The second-order valence-corrected chi connectivity index (χ2v) is 3.33. The van der Waals surface area contributed by atoms with Crippen molar-refractivity contribution in [3.8, 4) is 0 Å². The van der Waals surface area contributed by atoms with Crippen molar-refractivity contribution in [1.82, 2.24) is 0 Å². The van der Waals surface area contributed by atoms with Crippen molar-refractivity contribution < 1.29 is 5.11 Å². The van der Waals surface area contributed by atoms with Crippen LogP contribution in [-0.4, -0.2) is 16.7 Å². The van der Waals surface area contributed by atoms with Crippen molar-refractivity contribution in [2.75, 3.05) is 0 Å². The van der Waals surface area contributed by atoms with Crippen LogP contribution in [0.2, 0.25) is 0 Å². The molecule has 0 saturated heterocycles. The lowest BCUT2D eigenvalue weighted by atomic mass is 10.0. The van der Waals surface area contributed by atoms with Crippen LogP contribution in [0.15, 0.2) is 0 Å². The predicted molar refractivity (Wildman–Crippen MR) is 39.2 cm³/mol. The van der Waals surface area contributed by atoms with Crippen LogP contribution in [0, 0.1) is 0 Å². The van der Waals surface area contributed by atoms with Crippen LogP contribution in [0.5, 0.6) is 0 Å². The third-order valence-corrected chi connectivity index (χ3v) is 1.21. The lowest BCUT2D eigenvalue weighted by molar-refractivity contribution is 0.0672. The second kappa shape index (κ2) is 3.18. The van der Waals surface area contributed by atoms with Crippen LogP contribution in [-0.2, 0) is 0 Å². The van der Waals surface area contributed by atoms with Crippen LogP contribution in [0.4, 0.5) is 0 Å². The molecule has 0 amide bonds. The average molecular weight is 131 g/mol. The van der Waals surface area contributed by atoms with Gasteiger partial charge >= 0.3 is 0 Å². The molecule has 0 aliphatic carbocycles. The predicted octanol–water partition coefficient (Wildman–Crippen LogP) is 0.885. The summed E-state index contributed by atoms with van der Waals surface area (Å²) in [7, 11) is 0. The van der Waals surface area contributed by atoms with E-state index in [2.05, 4.69) is 0 Å². The Kier molecular flexibility index (Phi) is 3.15. The fraction of sp³-hybridized carbons (Fsp3) is 1.00. The minimum Gasteiger partial charge on any atom is -0.390 e. The normalized spacial score (nSPS) is 15.7. The van der Waals surface area contributed by atoms with Gasteiger partial charge in [0.1, 0.15) is 0 Å². The number of hydrogen-bond acceptors (Lipinski definition) is 2. The van der Waals surface area contributed by atoms with Crippen molar-refractivity contribution in [2.24, 2.45) is 5.73 Å². The Balaban J connectivity index is 3.28. The van der Waals surface area contributed by atoms with Crippen molar-refractivity contribution >= 4 is 0 Å². The third-order valence-electron chi connectivity index (χ3n) is 1.21. The van der Waals surface area contributed by atoms with Gasteiger partial charge in [-0.3, -0.25) is 0 Å². The lowest BCUT2D eigenvalue weighted by Crippen LogP contribution is -2.23. The molecule has 0 heterocycles. The van der Waals surface area contributed by atoms with Gasteiger partial charge in [-0.05, 0) is 33.6 Å². The van der Waals surface area contributed by atoms with E-state index in [1.54, 1.807) is 13.8 Å². The summed E-state index contributed by atoms with van der Waals surface area (Å²) < 4.78 is 0. The molecule has 0 rings (SSSR count). The zero-order chi connectivity index (χ0) is 7.49. The largest absolute Gasteiger partial charge is 0.390 e. The van der Waals surface area contributed by atoms with E-state index in [9.17, 15) is 5.11 Å². The van der Waals surface area contributed by atoms with Crippen LogP contribution in [0.1, 0.15) is 33.6 Å². The molecule has 0 aliphatic rings.